The predicted octanol–water partition coefficient (Wildman–Crippen LogP) is 1.57. The Kier molecular flexibility index (Phi) is 6.64. The van der Waals surface area contributed by atoms with Crippen LogP contribution < -0.4 is 10.6 Å². The number of pyridine rings is 1. The van der Waals surface area contributed by atoms with Crippen molar-refractivity contribution in [1.29, 1.82) is 0 Å². The van der Waals surface area contributed by atoms with Crippen LogP contribution in [0.2, 0.25) is 0 Å². The summed E-state index contributed by atoms with van der Waals surface area (Å²) in [5.41, 5.74) is 1.46. The standard InChI is InChI=1S/C14H23N3O2S/c1-5-12-7-11(8-13(17-12)15-6-2)14(18)16-10(3)9-20(4)19/h7-8,10H,5-6,9H2,1-4H3,(H,15,17)(H,16,18). The lowest BCUT2D eigenvalue weighted by atomic mass is 10.1. The van der Waals surface area contributed by atoms with Gasteiger partial charge in [0.15, 0.2) is 0 Å². The Bertz CT molecular complexity index is 491. The summed E-state index contributed by atoms with van der Waals surface area (Å²) in [5, 5.41) is 5.98. The first-order valence-corrected chi connectivity index (χ1v) is 8.54. The number of aryl methyl sites for hydroxylation is 1. The zero-order valence-corrected chi connectivity index (χ0v) is 13.3. The van der Waals surface area contributed by atoms with Gasteiger partial charge in [0.25, 0.3) is 5.91 Å². The molecule has 0 aliphatic heterocycles. The zero-order valence-electron chi connectivity index (χ0n) is 12.5. The Balaban J connectivity index is 2.85. The van der Waals surface area contributed by atoms with Gasteiger partial charge in [-0.25, -0.2) is 4.98 Å². The van der Waals surface area contributed by atoms with Crippen LogP contribution >= 0.6 is 0 Å². The molecule has 0 radical (unpaired) electrons. The largest absolute Gasteiger partial charge is 0.370 e. The summed E-state index contributed by atoms with van der Waals surface area (Å²) in [6.45, 7) is 6.60. The Morgan fingerprint density at radius 1 is 1.40 bits per heavy atom. The van der Waals surface area contributed by atoms with Crippen LogP contribution in [0.3, 0.4) is 0 Å². The van der Waals surface area contributed by atoms with E-state index in [4.69, 9.17) is 0 Å². The molecule has 0 fully saturated rings. The van der Waals surface area contributed by atoms with Crippen molar-refractivity contribution in [2.24, 2.45) is 0 Å². The molecule has 0 aromatic carbocycles. The van der Waals surface area contributed by atoms with E-state index in [0.717, 1.165) is 18.7 Å². The normalized spacial score (nSPS) is 13.6. The van der Waals surface area contributed by atoms with Crippen LogP contribution in [0.15, 0.2) is 12.1 Å². The number of amides is 1. The molecule has 1 aromatic heterocycles. The van der Waals surface area contributed by atoms with E-state index < -0.39 is 10.8 Å². The second-order valence-corrected chi connectivity index (χ2v) is 6.21. The van der Waals surface area contributed by atoms with E-state index in [-0.39, 0.29) is 11.9 Å². The monoisotopic (exact) mass is 297 g/mol. The molecule has 1 heterocycles. The molecule has 1 rings (SSSR count). The van der Waals surface area contributed by atoms with Crippen molar-refractivity contribution in [3.63, 3.8) is 0 Å². The van der Waals surface area contributed by atoms with Crippen LogP contribution in [-0.4, -0.2) is 39.7 Å². The Hall–Kier alpha value is -1.43. The fraction of sp³-hybridized carbons (Fsp3) is 0.571. The van der Waals surface area contributed by atoms with Gasteiger partial charge in [-0.3, -0.25) is 9.00 Å². The van der Waals surface area contributed by atoms with Crippen LogP contribution in [0.1, 0.15) is 36.8 Å². The number of hydrogen-bond donors (Lipinski definition) is 2. The Morgan fingerprint density at radius 2 is 2.10 bits per heavy atom. The van der Waals surface area contributed by atoms with E-state index in [9.17, 15) is 9.00 Å². The maximum Gasteiger partial charge on any atom is 0.251 e. The maximum absolute atomic E-state index is 12.2. The molecule has 20 heavy (non-hydrogen) atoms. The summed E-state index contributed by atoms with van der Waals surface area (Å²) in [6.07, 6.45) is 2.40. The van der Waals surface area contributed by atoms with Gasteiger partial charge in [0.2, 0.25) is 0 Å². The van der Waals surface area contributed by atoms with Crippen molar-refractivity contribution in [3.05, 3.63) is 23.4 Å². The number of carbonyl (C=O) groups is 1. The molecule has 0 aliphatic carbocycles. The molecule has 5 nitrogen and oxygen atoms in total. The van der Waals surface area contributed by atoms with Gasteiger partial charge in [0, 0.05) is 46.7 Å². The van der Waals surface area contributed by atoms with E-state index in [1.807, 2.05) is 20.8 Å². The van der Waals surface area contributed by atoms with Gasteiger partial charge in [0.05, 0.1) is 0 Å². The third-order valence-electron chi connectivity index (χ3n) is 2.72. The summed E-state index contributed by atoms with van der Waals surface area (Å²) in [4.78, 5) is 16.6. The van der Waals surface area contributed by atoms with Crippen LogP contribution in [0.5, 0.6) is 0 Å². The van der Waals surface area contributed by atoms with Gasteiger partial charge in [-0.1, -0.05) is 6.92 Å². The number of hydrogen-bond acceptors (Lipinski definition) is 4. The third kappa shape index (κ3) is 5.28. The second kappa shape index (κ2) is 7.99. The molecule has 0 bridgehead atoms. The van der Waals surface area contributed by atoms with Crippen molar-refractivity contribution < 1.29 is 9.00 Å². The maximum atomic E-state index is 12.2. The minimum atomic E-state index is -0.921. The average Bonchev–Trinajstić information content (AvgIpc) is 2.37. The molecule has 2 unspecified atom stereocenters. The molecule has 0 saturated carbocycles. The number of nitrogens with one attached hydrogen (secondary N) is 2. The first kappa shape index (κ1) is 16.6. The molecule has 6 heteroatoms. The van der Waals surface area contributed by atoms with Crippen molar-refractivity contribution in [3.8, 4) is 0 Å². The molecule has 0 spiro atoms. The Labute approximate surface area is 123 Å². The molecular weight excluding hydrogens is 274 g/mol. The van der Waals surface area contributed by atoms with Crippen molar-refractivity contribution in [2.45, 2.75) is 33.2 Å². The number of carbonyl (C=O) groups excluding carboxylic acids is 1. The quantitative estimate of drug-likeness (QED) is 0.801. The number of rotatable bonds is 7. The third-order valence-corrected chi connectivity index (χ3v) is 3.69. The molecule has 0 saturated heterocycles. The highest BCUT2D eigenvalue weighted by atomic mass is 32.2. The van der Waals surface area contributed by atoms with Gasteiger partial charge in [-0.05, 0) is 32.4 Å². The van der Waals surface area contributed by atoms with Gasteiger partial charge in [-0.15, -0.1) is 0 Å². The molecule has 1 aromatic rings. The first-order chi connectivity index (χ1) is 9.46. The highest BCUT2D eigenvalue weighted by molar-refractivity contribution is 7.84. The highest BCUT2D eigenvalue weighted by Gasteiger charge is 2.13. The first-order valence-electron chi connectivity index (χ1n) is 6.82. The second-order valence-electron chi connectivity index (χ2n) is 4.73. The molecular formula is C14H23N3O2S. The molecule has 112 valence electrons. The predicted molar refractivity (Wildman–Crippen MR) is 83.6 cm³/mol. The minimum absolute atomic E-state index is 0.117. The summed E-state index contributed by atoms with van der Waals surface area (Å²) >= 11 is 0. The van der Waals surface area contributed by atoms with Crippen molar-refractivity contribution >= 4 is 22.5 Å². The number of aromatic nitrogens is 1. The molecule has 0 aliphatic rings. The van der Waals surface area contributed by atoms with Crippen LogP contribution in [-0.2, 0) is 17.2 Å². The fourth-order valence-electron chi connectivity index (χ4n) is 1.87. The summed E-state index contributed by atoms with van der Waals surface area (Å²) in [5.74, 6) is 1.01. The van der Waals surface area contributed by atoms with Crippen molar-refractivity contribution in [1.82, 2.24) is 10.3 Å². The van der Waals surface area contributed by atoms with Crippen LogP contribution in [0.4, 0.5) is 5.82 Å². The lowest BCUT2D eigenvalue weighted by Crippen LogP contribution is -2.36. The smallest absolute Gasteiger partial charge is 0.251 e. The van der Waals surface area contributed by atoms with E-state index >= 15 is 0 Å². The van der Waals surface area contributed by atoms with E-state index in [1.54, 1.807) is 18.4 Å². The number of nitrogens with zero attached hydrogens (tertiary/aromatic N) is 1. The lowest BCUT2D eigenvalue weighted by Gasteiger charge is -2.14. The van der Waals surface area contributed by atoms with E-state index in [2.05, 4.69) is 15.6 Å². The van der Waals surface area contributed by atoms with Gasteiger partial charge in [0.1, 0.15) is 5.82 Å². The van der Waals surface area contributed by atoms with Gasteiger partial charge < -0.3 is 10.6 Å². The Morgan fingerprint density at radius 3 is 2.65 bits per heavy atom. The van der Waals surface area contributed by atoms with Crippen molar-refractivity contribution in [2.75, 3.05) is 23.9 Å². The van der Waals surface area contributed by atoms with Crippen LogP contribution in [0, 0.1) is 0 Å². The van der Waals surface area contributed by atoms with Gasteiger partial charge in [-0.2, -0.15) is 0 Å². The fourth-order valence-corrected chi connectivity index (χ4v) is 2.66. The average molecular weight is 297 g/mol. The topological polar surface area (TPSA) is 71.1 Å². The molecule has 1 amide bonds. The summed E-state index contributed by atoms with van der Waals surface area (Å²) < 4.78 is 11.2. The van der Waals surface area contributed by atoms with E-state index in [1.165, 1.54) is 0 Å². The number of anilines is 1. The van der Waals surface area contributed by atoms with Crippen LogP contribution in [0.25, 0.3) is 0 Å². The lowest BCUT2D eigenvalue weighted by molar-refractivity contribution is 0.0943. The minimum Gasteiger partial charge on any atom is -0.370 e. The molecule has 2 N–H and O–H groups in total. The molecule has 2 atom stereocenters. The van der Waals surface area contributed by atoms with Gasteiger partial charge >= 0.3 is 0 Å². The highest BCUT2D eigenvalue weighted by Crippen LogP contribution is 2.11. The summed E-state index contributed by atoms with van der Waals surface area (Å²) in [7, 11) is -0.921. The van der Waals surface area contributed by atoms with E-state index in [0.29, 0.717) is 17.1 Å². The zero-order chi connectivity index (χ0) is 15.1. The summed E-state index contributed by atoms with van der Waals surface area (Å²) in [6, 6.07) is 3.42. The SMILES string of the molecule is CCNc1cc(C(=O)NC(C)CS(C)=O)cc(CC)n1.